The van der Waals surface area contributed by atoms with Gasteiger partial charge in [0.2, 0.25) is 15.4 Å². The number of hydrogen-bond acceptors (Lipinski definition) is 5. The third-order valence-corrected chi connectivity index (χ3v) is 4.14. The van der Waals surface area contributed by atoms with E-state index in [1.807, 2.05) is 6.92 Å². The maximum absolute atomic E-state index is 12.2. The van der Waals surface area contributed by atoms with Gasteiger partial charge in [0.1, 0.15) is 0 Å². The van der Waals surface area contributed by atoms with Crippen molar-refractivity contribution in [3.63, 3.8) is 0 Å². The van der Waals surface area contributed by atoms with Crippen molar-refractivity contribution >= 4 is 34.8 Å². The molecule has 1 saturated heterocycles. The van der Waals surface area contributed by atoms with Gasteiger partial charge in [-0.1, -0.05) is 11.3 Å². The van der Waals surface area contributed by atoms with E-state index in [1.165, 1.54) is 0 Å². The molecule has 1 aliphatic heterocycles. The first-order chi connectivity index (χ1) is 8.49. The highest BCUT2D eigenvalue weighted by atomic mass is 35.5. The minimum atomic E-state index is -0.366. The monoisotopic (exact) mass is 288 g/mol. The Hall–Kier alpha value is -1.21. The van der Waals surface area contributed by atoms with E-state index in [2.05, 4.69) is 10.2 Å². The second-order valence-corrected chi connectivity index (χ2v) is 5.90. The summed E-state index contributed by atoms with van der Waals surface area (Å²) in [5, 5.41) is 7.58. The molecule has 0 aliphatic carbocycles. The molecule has 1 aromatic heterocycles. The molecule has 2 heterocycles. The Morgan fingerprint density at radius 2 is 2.17 bits per heavy atom. The molecular weight excluding hydrogens is 276 g/mol. The minimum Gasteiger partial charge on any atom is -0.369 e. The maximum atomic E-state index is 12.2. The summed E-state index contributed by atoms with van der Waals surface area (Å²) >= 11 is 6.70. The number of primary amides is 1. The van der Waals surface area contributed by atoms with Crippen molar-refractivity contribution in [1.82, 2.24) is 15.1 Å². The van der Waals surface area contributed by atoms with E-state index in [-0.39, 0.29) is 33.2 Å². The molecule has 18 heavy (non-hydrogen) atoms. The van der Waals surface area contributed by atoms with Gasteiger partial charge in [0.15, 0.2) is 0 Å². The molecule has 0 spiro atoms. The van der Waals surface area contributed by atoms with Crippen LogP contribution in [0, 0.1) is 5.92 Å². The van der Waals surface area contributed by atoms with Gasteiger partial charge in [0, 0.05) is 12.6 Å². The van der Waals surface area contributed by atoms with Crippen LogP contribution in [0.15, 0.2) is 0 Å². The van der Waals surface area contributed by atoms with E-state index in [4.69, 9.17) is 17.3 Å². The first kappa shape index (κ1) is 13.2. The Labute approximate surface area is 113 Å². The van der Waals surface area contributed by atoms with Gasteiger partial charge in [-0.2, -0.15) is 0 Å². The molecule has 98 valence electrons. The van der Waals surface area contributed by atoms with Crippen molar-refractivity contribution in [2.24, 2.45) is 11.7 Å². The van der Waals surface area contributed by atoms with Gasteiger partial charge < -0.3 is 10.6 Å². The van der Waals surface area contributed by atoms with Crippen LogP contribution in [0.25, 0.3) is 0 Å². The van der Waals surface area contributed by atoms with Gasteiger partial charge in [-0.15, -0.1) is 10.2 Å². The highest BCUT2D eigenvalue weighted by Gasteiger charge is 2.33. The third kappa shape index (κ3) is 2.62. The smallest absolute Gasteiger partial charge is 0.285 e. The Morgan fingerprint density at radius 3 is 2.72 bits per heavy atom. The van der Waals surface area contributed by atoms with Gasteiger partial charge in [-0.25, -0.2) is 0 Å². The van der Waals surface area contributed by atoms with Crippen LogP contribution in [0.2, 0.25) is 4.47 Å². The van der Waals surface area contributed by atoms with Crippen molar-refractivity contribution < 1.29 is 9.59 Å². The van der Waals surface area contributed by atoms with E-state index >= 15 is 0 Å². The topological polar surface area (TPSA) is 89.2 Å². The van der Waals surface area contributed by atoms with Crippen LogP contribution in [0.4, 0.5) is 0 Å². The van der Waals surface area contributed by atoms with Crippen molar-refractivity contribution in [1.29, 1.82) is 0 Å². The molecule has 1 fully saturated rings. The number of amides is 2. The van der Waals surface area contributed by atoms with Gasteiger partial charge in [0.25, 0.3) is 5.91 Å². The van der Waals surface area contributed by atoms with Crippen LogP contribution >= 0.6 is 22.9 Å². The fraction of sp³-hybridized carbons (Fsp3) is 0.600. The maximum Gasteiger partial charge on any atom is 0.285 e. The molecule has 2 amide bonds. The number of nitrogens with zero attached hydrogens (tertiary/aromatic N) is 3. The number of piperidine rings is 1. The van der Waals surface area contributed by atoms with E-state index in [1.54, 1.807) is 4.90 Å². The summed E-state index contributed by atoms with van der Waals surface area (Å²) in [5.74, 6) is -0.888. The van der Waals surface area contributed by atoms with Crippen LogP contribution in [0.1, 0.15) is 29.6 Å². The van der Waals surface area contributed by atoms with Crippen molar-refractivity contribution in [3.8, 4) is 0 Å². The molecule has 2 rings (SSSR count). The Morgan fingerprint density at radius 1 is 1.44 bits per heavy atom. The first-order valence-electron chi connectivity index (χ1n) is 5.58. The molecule has 2 unspecified atom stereocenters. The average Bonchev–Trinajstić information content (AvgIpc) is 2.75. The lowest BCUT2D eigenvalue weighted by molar-refractivity contribution is -0.123. The highest BCUT2D eigenvalue weighted by molar-refractivity contribution is 7.17. The molecule has 0 aromatic carbocycles. The average molecular weight is 289 g/mol. The second-order valence-electron chi connectivity index (χ2n) is 4.34. The summed E-state index contributed by atoms with van der Waals surface area (Å²) in [6, 6.07) is 0.0655. The lowest BCUT2D eigenvalue weighted by atomic mass is 9.93. The molecule has 6 nitrogen and oxygen atoms in total. The predicted molar refractivity (Wildman–Crippen MR) is 67.3 cm³/mol. The van der Waals surface area contributed by atoms with Gasteiger partial charge >= 0.3 is 0 Å². The largest absolute Gasteiger partial charge is 0.369 e. The summed E-state index contributed by atoms with van der Waals surface area (Å²) in [5.41, 5.74) is 5.29. The molecule has 2 atom stereocenters. The van der Waals surface area contributed by atoms with Gasteiger partial charge in [-0.3, -0.25) is 9.59 Å². The molecule has 2 N–H and O–H groups in total. The van der Waals surface area contributed by atoms with Gasteiger partial charge in [-0.05, 0) is 31.4 Å². The minimum absolute atomic E-state index is 0.0655. The summed E-state index contributed by atoms with van der Waals surface area (Å²) in [6.45, 7) is 2.28. The standard InChI is InChI=1S/C10H13ClN4O2S/c1-5-2-3-6(7(12)16)4-15(5)9(17)8-13-14-10(11)18-8/h5-6H,2-4H2,1H3,(H2,12,16). The van der Waals surface area contributed by atoms with Crippen LogP contribution in [0.3, 0.4) is 0 Å². The summed E-state index contributed by atoms with van der Waals surface area (Å²) < 4.78 is 0.231. The van der Waals surface area contributed by atoms with E-state index < -0.39 is 0 Å². The predicted octanol–water partition coefficient (Wildman–Crippen LogP) is 0.917. The van der Waals surface area contributed by atoms with Crippen molar-refractivity contribution in [3.05, 3.63) is 9.47 Å². The Kier molecular flexibility index (Phi) is 3.82. The number of halogens is 1. The molecule has 0 saturated carbocycles. The summed E-state index contributed by atoms with van der Waals surface area (Å²) in [6.07, 6.45) is 1.48. The molecular formula is C10H13ClN4O2S. The van der Waals surface area contributed by atoms with Crippen molar-refractivity contribution in [2.45, 2.75) is 25.8 Å². The van der Waals surface area contributed by atoms with E-state index in [0.717, 1.165) is 24.2 Å². The number of carbonyl (C=O) groups excluding carboxylic acids is 2. The zero-order chi connectivity index (χ0) is 13.3. The number of hydrogen-bond donors (Lipinski definition) is 1. The van der Waals surface area contributed by atoms with Crippen molar-refractivity contribution in [2.75, 3.05) is 6.54 Å². The molecule has 0 bridgehead atoms. The zero-order valence-electron chi connectivity index (χ0n) is 9.80. The number of nitrogens with two attached hydrogens (primary N) is 1. The van der Waals surface area contributed by atoms with Crippen LogP contribution in [0.5, 0.6) is 0 Å². The SMILES string of the molecule is CC1CCC(C(N)=O)CN1C(=O)c1nnc(Cl)s1. The van der Waals surface area contributed by atoms with E-state index in [0.29, 0.717) is 6.54 Å². The third-order valence-electron chi connectivity index (χ3n) is 3.13. The number of likely N-dealkylation sites (tertiary alicyclic amines) is 1. The fourth-order valence-corrected chi connectivity index (χ4v) is 2.82. The van der Waals surface area contributed by atoms with Crippen LogP contribution < -0.4 is 5.73 Å². The Bertz CT molecular complexity index is 478. The number of rotatable bonds is 2. The fourth-order valence-electron chi connectivity index (χ4n) is 2.04. The normalized spacial score (nSPS) is 24.0. The number of carbonyl (C=O) groups is 2. The lowest BCUT2D eigenvalue weighted by Gasteiger charge is -2.36. The Balaban J connectivity index is 2.15. The highest BCUT2D eigenvalue weighted by Crippen LogP contribution is 2.25. The van der Waals surface area contributed by atoms with E-state index in [9.17, 15) is 9.59 Å². The lowest BCUT2D eigenvalue weighted by Crippen LogP contribution is -2.48. The first-order valence-corrected chi connectivity index (χ1v) is 6.77. The second kappa shape index (κ2) is 5.19. The molecule has 0 radical (unpaired) electrons. The molecule has 1 aliphatic rings. The van der Waals surface area contributed by atoms with Crippen LogP contribution in [-0.4, -0.2) is 39.5 Å². The number of aromatic nitrogens is 2. The van der Waals surface area contributed by atoms with Gasteiger partial charge in [0.05, 0.1) is 5.92 Å². The summed E-state index contributed by atoms with van der Waals surface area (Å²) in [7, 11) is 0. The molecule has 1 aromatic rings. The van der Waals surface area contributed by atoms with Crippen LogP contribution in [-0.2, 0) is 4.79 Å². The quantitative estimate of drug-likeness (QED) is 0.876. The summed E-state index contributed by atoms with van der Waals surface area (Å²) in [4.78, 5) is 25.0. The molecule has 8 heteroatoms. The zero-order valence-corrected chi connectivity index (χ0v) is 11.4.